The highest BCUT2D eigenvalue weighted by Crippen LogP contribution is 2.10. The van der Waals surface area contributed by atoms with E-state index in [0.717, 1.165) is 29.8 Å². The van der Waals surface area contributed by atoms with Gasteiger partial charge in [0.25, 0.3) is 0 Å². The molecule has 0 saturated carbocycles. The van der Waals surface area contributed by atoms with E-state index in [-0.39, 0.29) is 0 Å². The number of rotatable bonds is 3. The lowest BCUT2D eigenvalue weighted by atomic mass is 10.2. The van der Waals surface area contributed by atoms with Gasteiger partial charge in [-0.2, -0.15) is 5.10 Å². The number of hydrogen-bond acceptors (Lipinski definition) is 3. The Hall–Kier alpha value is -2.34. The van der Waals surface area contributed by atoms with E-state index in [4.69, 9.17) is 4.74 Å². The van der Waals surface area contributed by atoms with Crippen LogP contribution in [0.2, 0.25) is 0 Å². The summed E-state index contributed by atoms with van der Waals surface area (Å²) in [4.78, 5) is 0. The fourth-order valence-corrected chi connectivity index (χ4v) is 1.63. The molecule has 0 radical (unpaired) electrons. The molecule has 1 aromatic heterocycles. The van der Waals surface area contributed by atoms with Gasteiger partial charge in [0.15, 0.2) is 0 Å². The Bertz CT molecular complexity index is 577. The Morgan fingerprint density at radius 2 is 1.79 bits per heavy atom. The first-order valence-electron chi connectivity index (χ1n) is 6.30. The minimum absolute atomic E-state index is 0.690. The van der Waals surface area contributed by atoms with Crippen LogP contribution in [0.25, 0.3) is 0 Å². The summed E-state index contributed by atoms with van der Waals surface area (Å²) >= 11 is 0. The molecule has 2 aromatic rings. The zero-order valence-electron chi connectivity index (χ0n) is 11.2. The first kappa shape index (κ1) is 13.1. The second-order valence-electron chi connectivity index (χ2n) is 4.14. The molecule has 3 nitrogen and oxygen atoms in total. The molecule has 0 aliphatic heterocycles. The molecule has 3 heteroatoms. The molecular formula is C16H16N2O. The van der Waals surface area contributed by atoms with Crippen molar-refractivity contribution >= 4 is 0 Å². The molecule has 0 aliphatic carbocycles. The summed E-state index contributed by atoms with van der Waals surface area (Å²) < 4.78 is 5.10. The molecule has 0 amide bonds. The molecule has 0 atom stereocenters. The Balaban J connectivity index is 2.09. The van der Waals surface area contributed by atoms with Crippen molar-refractivity contribution in [2.24, 2.45) is 0 Å². The van der Waals surface area contributed by atoms with E-state index in [1.165, 1.54) is 0 Å². The average molecular weight is 252 g/mol. The standard InChI is InChI=1S/C16H16N2O/c1-3-4-14-9-10-15(18-17-14)8-5-13-6-11-16(19-2)12-7-13/h6-7,9-12H,3-4H2,1-2H3. The summed E-state index contributed by atoms with van der Waals surface area (Å²) in [5.74, 6) is 6.89. The topological polar surface area (TPSA) is 35.0 Å². The van der Waals surface area contributed by atoms with Gasteiger partial charge in [0.1, 0.15) is 11.4 Å². The second-order valence-corrected chi connectivity index (χ2v) is 4.14. The van der Waals surface area contributed by atoms with E-state index in [2.05, 4.69) is 29.0 Å². The summed E-state index contributed by atoms with van der Waals surface area (Å²) in [5.41, 5.74) is 2.63. The molecule has 0 spiro atoms. The third kappa shape index (κ3) is 3.82. The lowest BCUT2D eigenvalue weighted by Crippen LogP contribution is -1.93. The molecule has 1 aromatic carbocycles. The first-order valence-corrected chi connectivity index (χ1v) is 6.30. The maximum atomic E-state index is 5.10. The van der Waals surface area contributed by atoms with E-state index in [9.17, 15) is 0 Å². The molecular weight excluding hydrogens is 236 g/mol. The highest BCUT2D eigenvalue weighted by atomic mass is 16.5. The van der Waals surface area contributed by atoms with Crippen LogP contribution in [0.3, 0.4) is 0 Å². The van der Waals surface area contributed by atoms with E-state index in [0.29, 0.717) is 5.69 Å². The van der Waals surface area contributed by atoms with Gasteiger partial charge in [0, 0.05) is 5.56 Å². The summed E-state index contributed by atoms with van der Waals surface area (Å²) in [6.45, 7) is 2.12. The van der Waals surface area contributed by atoms with Crippen molar-refractivity contribution in [1.82, 2.24) is 10.2 Å². The highest BCUT2D eigenvalue weighted by molar-refractivity contribution is 5.42. The predicted molar refractivity (Wildman–Crippen MR) is 75.0 cm³/mol. The molecule has 0 saturated heterocycles. The first-order chi connectivity index (χ1) is 9.31. The number of methoxy groups -OCH3 is 1. The lowest BCUT2D eigenvalue weighted by molar-refractivity contribution is 0.415. The van der Waals surface area contributed by atoms with E-state index in [1.54, 1.807) is 7.11 Å². The molecule has 0 fully saturated rings. The molecule has 1 heterocycles. The van der Waals surface area contributed by atoms with Crippen LogP contribution >= 0.6 is 0 Å². The van der Waals surface area contributed by atoms with Crippen LogP contribution in [-0.2, 0) is 6.42 Å². The van der Waals surface area contributed by atoms with Crippen molar-refractivity contribution in [3.63, 3.8) is 0 Å². The van der Waals surface area contributed by atoms with Crippen LogP contribution in [0.5, 0.6) is 5.75 Å². The summed E-state index contributed by atoms with van der Waals surface area (Å²) in [7, 11) is 1.65. The summed E-state index contributed by atoms with van der Waals surface area (Å²) in [6, 6.07) is 11.5. The zero-order valence-corrected chi connectivity index (χ0v) is 11.2. The maximum Gasteiger partial charge on any atom is 0.136 e. The van der Waals surface area contributed by atoms with Gasteiger partial charge >= 0.3 is 0 Å². The van der Waals surface area contributed by atoms with E-state index in [1.807, 2.05) is 36.4 Å². The maximum absolute atomic E-state index is 5.10. The third-order valence-electron chi connectivity index (χ3n) is 2.65. The number of benzene rings is 1. The van der Waals surface area contributed by atoms with E-state index >= 15 is 0 Å². The summed E-state index contributed by atoms with van der Waals surface area (Å²) in [6.07, 6.45) is 2.03. The van der Waals surface area contributed by atoms with Crippen molar-refractivity contribution in [2.45, 2.75) is 19.8 Å². The van der Waals surface area contributed by atoms with Gasteiger partial charge in [-0.25, -0.2) is 0 Å². The van der Waals surface area contributed by atoms with Crippen molar-refractivity contribution < 1.29 is 4.74 Å². The van der Waals surface area contributed by atoms with Crippen LogP contribution in [0.1, 0.15) is 30.3 Å². The van der Waals surface area contributed by atoms with Crippen LogP contribution in [0.4, 0.5) is 0 Å². The molecule has 0 bridgehead atoms. The number of nitrogens with zero attached hydrogens (tertiary/aromatic N) is 2. The Labute approximate surface area is 113 Å². The number of hydrogen-bond donors (Lipinski definition) is 0. The van der Waals surface area contributed by atoms with Crippen LogP contribution in [0.15, 0.2) is 36.4 Å². The Kier molecular flexibility index (Phi) is 4.52. The predicted octanol–water partition coefficient (Wildman–Crippen LogP) is 2.84. The van der Waals surface area contributed by atoms with Gasteiger partial charge in [-0.05, 0) is 48.7 Å². The highest BCUT2D eigenvalue weighted by Gasteiger charge is 1.94. The fourth-order valence-electron chi connectivity index (χ4n) is 1.63. The molecule has 2 rings (SSSR count). The van der Waals surface area contributed by atoms with Gasteiger partial charge in [0.05, 0.1) is 12.8 Å². The Morgan fingerprint density at radius 3 is 2.37 bits per heavy atom. The lowest BCUT2D eigenvalue weighted by Gasteiger charge is -1.97. The van der Waals surface area contributed by atoms with Gasteiger partial charge in [-0.1, -0.05) is 19.3 Å². The van der Waals surface area contributed by atoms with Crippen LogP contribution in [0, 0.1) is 11.8 Å². The van der Waals surface area contributed by atoms with Gasteiger partial charge in [0.2, 0.25) is 0 Å². The third-order valence-corrected chi connectivity index (χ3v) is 2.65. The summed E-state index contributed by atoms with van der Waals surface area (Å²) in [5, 5.41) is 8.23. The monoisotopic (exact) mass is 252 g/mol. The van der Waals surface area contributed by atoms with Crippen molar-refractivity contribution in [2.75, 3.05) is 7.11 Å². The van der Waals surface area contributed by atoms with Gasteiger partial charge < -0.3 is 4.74 Å². The van der Waals surface area contributed by atoms with Crippen molar-refractivity contribution in [3.8, 4) is 17.6 Å². The SMILES string of the molecule is CCCc1ccc(C#Cc2ccc(OC)cc2)nn1. The van der Waals surface area contributed by atoms with Gasteiger partial charge in [-0.3, -0.25) is 0 Å². The minimum atomic E-state index is 0.690. The fraction of sp³-hybridized carbons (Fsp3) is 0.250. The smallest absolute Gasteiger partial charge is 0.136 e. The van der Waals surface area contributed by atoms with Crippen molar-refractivity contribution in [1.29, 1.82) is 0 Å². The molecule has 96 valence electrons. The number of ether oxygens (including phenoxy) is 1. The van der Waals surface area contributed by atoms with E-state index < -0.39 is 0 Å². The van der Waals surface area contributed by atoms with Crippen LogP contribution < -0.4 is 4.74 Å². The molecule has 0 aliphatic rings. The van der Waals surface area contributed by atoms with Crippen LogP contribution in [-0.4, -0.2) is 17.3 Å². The number of aromatic nitrogens is 2. The number of aryl methyl sites for hydroxylation is 1. The largest absolute Gasteiger partial charge is 0.497 e. The quantitative estimate of drug-likeness (QED) is 0.788. The minimum Gasteiger partial charge on any atom is -0.497 e. The van der Waals surface area contributed by atoms with Gasteiger partial charge in [-0.15, -0.1) is 5.10 Å². The molecule has 0 N–H and O–H groups in total. The normalized spacial score (nSPS) is 9.58. The second kappa shape index (κ2) is 6.55. The molecule has 0 unspecified atom stereocenters. The molecule has 19 heavy (non-hydrogen) atoms. The zero-order chi connectivity index (χ0) is 13.5. The average Bonchev–Trinajstić information content (AvgIpc) is 2.47. The van der Waals surface area contributed by atoms with Crippen molar-refractivity contribution in [3.05, 3.63) is 53.3 Å². The Morgan fingerprint density at radius 1 is 1.00 bits per heavy atom.